The van der Waals surface area contributed by atoms with Crippen molar-refractivity contribution in [2.45, 2.75) is 27.7 Å². The molecule has 0 fully saturated rings. The average Bonchev–Trinajstić information content (AvgIpc) is 2.30. The molecule has 0 radical (unpaired) electrons. The molecule has 0 spiro atoms. The van der Waals surface area contributed by atoms with E-state index in [1.165, 1.54) is 6.07 Å². The standard InChI is InChI=1S/C7H8ClN.C7H8FN/c2*1-5-3-7(8)6(2)9-4-5/h2*3-4H,1-2H3. The van der Waals surface area contributed by atoms with Gasteiger partial charge in [0, 0.05) is 12.4 Å². The summed E-state index contributed by atoms with van der Waals surface area (Å²) in [5.41, 5.74) is 3.31. The molecule has 2 heterocycles. The lowest BCUT2D eigenvalue weighted by molar-refractivity contribution is 0.608. The van der Waals surface area contributed by atoms with Gasteiger partial charge in [-0.1, -0.05) is 11.6 Å². The second-order valence-corrected chi connectivity index (χ2v) is 4.57. The first-order valence-electron chi connectivity index (χ1n) is 5.57. The molecule has 2 aromatic rings. The molecule has 2 aromatic heterocycles. The third-order valence-electron chi connectivity index (χ3n) is 2.32. The van der Waals surface area contributed by atoms with Gasteiger partial charge in [0.15, 0.2) is 0 Å². The molecule has 0 aliphatic heterocycles. The zero-order valence-electron chi connectivity index (χ0n) is 11.0. The topological polar surface area (TPSA) is 25.8 Å². The fourth-order valence-corrected chi connectivity index (χ4v) is 1.42. The van der Waals surface area contributed by atoms with Crippen LogP contribution < -0.4 is 0 Å². The van der Waals surface area contributed by atoms with Gasteiger partial charge in [0.1, 0.15) is 5.82 Å². The molecule has 0 aliphatic rings. The molecule has 0 saturated carbocycles. The van der Waals surface area contributed by atoms with E-state index in [2.05, 4.69) is 9.97 Å². The molecule has 96 valence electrons. The number of hydrogen-bond donors (Lipinski definition) is 0. The van der Waals surface area contributed by atoms with Crippen LogP contribution in [0.1, 0.15) is 22.5 Å². The highest BCUT2D eigenvalue weighted by atomic mass is 35.5. The maximum atomic E-state index is 12.5. The van der Waals surface area contributed by atoms with Crippen LogP contribution in [0.4, 0.5) is 4.39 Å². The Morgan fingerprint density at radius 3 is 1.78 bits per heavy atom. The number of aromatic nitrogens is 2. The first-order chi connectivity index (χ1) is 8.40. The van der Waals surface area contributed by atoms with E-state index in [1.807, 2.05) is 26.8 Å². The summed E-state index contributed by atoms with van der Waals surface area (Å²) < 4.78 is 12.5. The third kappa shape index (κ3) is 4.41. The SMILES string of the molecule is Cc1cnc(C)c(Cl)c1.Cc1cnc(C)c(F)c1. The highest BCUT2D eigenvalue weighted by Crippen LogP contribution is 2.12. The fourth-order valence-electron chi connectivity index (χ4n) is 1.20. The van der Waals surface area contributed by atoms with Gasteiger partial charge in [-0.3, -0.25) is 9.97 Å². The molecule has 0 N–H and O–H groups in total. The monoisotopic (exact) mass is 266 g/mol. The molecule has 0 saturated heterocycles. The first-order valence-corrected chi connectivity index (χ1v) is 5.95. The fraction of sp³-hybridized carbons (Fsp3) is 0.286. The van der Waals surface area contributed by atoms with Crippen molar-refractivity contribution in [3.05, 3.63) is 57.9 Å². The van der Waals surface area contributed by atoms with Gasteiger partial charge in [-0.25, -0.2) is 4.39 Å². The van der Waals surface area contributed by atoms with E-state index in [1.54, 1.807) is 19.3 Å². The van der Waals surface area contributed by atoms with E-state index < -0.39 is 0 Å². The van der Waals surface area contributed by atoms with Crippen LogP contribution in [0.2, 0.25) is 5.02 Å². The summed E-state index contributed by atoms with van der Waals surface area (Å²) in [4.78, 5) is 7.85. The Labute approximate surface area is 112 Å². The molecule has 0 unspecified atom stereocenters. The molecule has 0 aliphatic carbocycles. The maximum Gasteiger partial charge on any atom is 0.144 e. The number of halogens is 2. The van der Waals surface area contributed by atoms with Crippen molar-refractivity contribution < 1.29 is 4.39 Å². The van der Waals surface area contributed by atoms with Crippen LogP contribution in [0.25, 0.3) is 0 Å². The molecule has 18 heavy (non-hydrogen) atoms. The number of nitrogens with zero attached hydrogens (tertiary/aromatic N) is 2. The molecule has 0 atom stereocenters. The summed E-state index contributed by atoms with van der Waals surface area (Å²) in [5, 5.41) is 0.745. The summed E-state index contributed by atoms with van der Waals surface area (Å²) in [7, 11) is 0. The van der Waals surface area contributed by atoms with E-state index in [0.29, 0.717) is 5.69 Å². The Morgan fingerprint density at radius 1 is 0.889 bits per heavy atom. The molecule has 4 heteroatoms. The predicted molar refractivity (Wildman–Crippen MR) is 72.4 cm³/mol. The molecule has 0 amide bonds. The first kappa shape index (κ1) is 14.6. The Morgan fingerprint density at radius 2 is 1.39 bits per heavy atom. The van der Waals surface area contributed by atoms with Crippen LogP contribution in [-0.2, 0) is 0 Å². The van der Waals surface area contributed by atoms with Crippen molar-refractivity contribution in [3.8, 4) is 0 Å². The summed E-state index contributed by atoms with van der Waals surface area (Å²) >= 11 is 5.75. The Bertz CT molecular complexity index is 492. The van der Waals surface area contributed by atoms with E-state index in [-0.39, 0.29) is 5.82 Å². The van der Waals surface area contributed by atoms with Gasteiger partial charge in [-0.2, -0.15) is 0 Å². The lowest BCUT2D eigenvalue weighted by Crippen LogP contribution is -1.87. The molecule has 0 bridgehead atoms. The predicted octanol–water partition coefficient (Wildman–Crippen LogP) is 4.19. The van der Waals surface area contributed by atoms with E-state index >= 15 is 0 Å². The van der Waals surface area contributed by atoms with E-state index in [0.717, 1.165) is 21.8 Å². The van der Waals surface area contributed by atoms with Gasteiger partial charge in [0.25, 0.3) is 0 Å². The molecule has 2 nitrogen and oxygen atoms in total. The molecular weight excluding hydrogens is 251 g/mol. The summed E-state index contributed by atoms with van der Waals surface area (Å²) in [6, 6.07) is 3.38. The van der Waals surface area contributed by atoms with Crippen LogP contribution in [0.3, 0.4) is 0 Å². The van der Waals surface area contributed by atoms with Gasteiger partial charge in [-0.15, -0.1) is 0 Å². The quantitative estimate of drug-likeness (QED) is 0.715. The molecule has 0 aromatic carbocycles. The summed E-state index contributed by atoms with van der Waals surface area (Å²) in [6.07, 6.45) is 3.46. The number of hydrogen-bond acceptors (Lipinski definition) is 2. The zero-order valence-corrected chi connectivity index (χ0v) is 11.7. The second-order valence-electron chi connectivity index (χ2n) is 4.16. The maximum absolute atomic E-state index is 12.5. The van der Waals surface area contributed by atoms with Gasteiger partial charge in [0.2, 0.25) is 0 Å². The summed E-state index contributed by atoms with van der Waals surface area (Å²) in [5.74, 6) is -0.227. The minimum atomic E-state index is -0.227. The smallest absolute Gasteiger partial charge is 0.144 e. The van der Waals surface area contributed by atoms with Gasteiger partial charge in [-0.05, 0) is 51.0 Å². The van der Waals surface area contributed by atoms with Gasteiger partial charge >= 0.3 is 0 Å². The zero-order chi connectivity index (χ0) is 13.7. The van der Waals surface area contributed by atoms with Crippen LogP contribution in [0.15, 0.2) is 24.5 Å². The van der Waals surface area contributed by atoms with Crippen molar-refractivity contribution in [2.75, 3.05) is 0 Å². The highest BCUT2D eigenvalue weighted by Gasteiger charge is 1.95. The number of aryl methyl sites for hydroxylation is 4. The largest absolute Gasteiger partial charge is 0.260 e. The van der Waals surface area contributed by atoms with Crippen molar-refractivity contribution in [1.29, 1.82) is 0 Å². The Kier molecular flexibility index (Phi) is 5.23. The lowest BCUT2D eigenvalue weighted by atomic mass is 10.3. The number of pyridine rings is 2. The molecule has 2 rings (SSSR count). The Balaban J connectivity index is 0.000000180. The Hall–Kier alpha value is -1.48. The third-order valence-corrected chi connectivity index (χ3v) is 2.71. The highest BCUT2D eigenvalue weighted by molar-refractivity contribution is 6.31. The molecular formula is C14H16ClFN2. The van der Waals surface area contributed by atoms with Crippen molar-refractivity contribution in [2.24, 2.45) is 0 Å². The average molecular weight is 267 g/mol. The van der Waals surface area contributed by atoms with Crippen molar-refractivity contribution in [3.63, 3.8) is 0 Å². The second kappa shape index (κ2) is 6.45. The van der Waals surface area contributed by atoms with Crippen LogP contribution in [0, 0.1) is 33.5 Å². The van der Waals surface area contributed by atoms with Crippen molar-refractivity contribution in [1.82, 2.24) is 9.97 Å². The van der Waals surface area contributed by atoms with Crippen LogP contribution >= 0.6 is 11.6 Å². The minimum Gasteiger partial charge on any atom is -0.260 e. The van der Waals surface area contributed by atoms with E-state index in [9.17, 15) is 4.39 Å². The summed E-state index contributed by atoms with van der Waals surface area (Å²) in [6.45, 7) is 7.32. The van der Waals surface area contributed by atoms with E-state index in [4.69, 9.17) is 11.6 Å². The van der Waals surface area contributed by atoms with Crippen LogP contribution in [0.5, 0.6) is 0 Å². The lowest BCUT2D eigenvalue weighted by Gasteiger charge is -1.95. The van der Waals surface area contributed by atoms with Gasteiger partial charge < -0.3 is 0 Å². The normalized spacial score (nSPS) is 9.67. The number of rotatable bonds is 0. The minimum absolute atomic E-state index is 0.227. The van der Waals surface area contributed by atoms with Gasteiger partial charge in [0.05, 0.1) is 16.4 Å². The van der Waals surface area contributed by atoms with Crippen molar-refractivity contribution >= 4 is 11.6 Å². The van der Waals surface area contributed by atoms with Crippen LogP contribution in [-0.4, -0.2) is 9.97 Å².